The van der Waals surface area contributed by atoms with Gasteiger partial charge in [0.05, 0.1) is 10.6 Å². The Hall–Kier alpha value is -2.97. The summed E-state index contributed by atoms with van der Waals surface area (Å²) in [6, 6.07) is 6.62. The van der Waals surface area contributed by atoms with Crippen LogP contribution in [0.4, 0.5) is 27.4 Å². The summed E-state index contributed by atoms with van der Waals surface area (Å²) < 4.78 is 14.0. The van der Waals surface area contributed by atoms with Gasteiger partial charge in [-0.25, -0.2) is 14.4 Å². The lowest BCUT2D eigenvalue weighted by Gasteiger charge is -2.36. The van der Waals surface area contributed by atoms with Gasteiger partial charge < -0.3 is 15.1 Å². The fourth-order valence-electron chi connectivity index (χ4n) is 3.08. The molecule has 0 spiro atoms. The van der Waals surface area contributed by atoms with Gasteiger partial charge in [-0.1, -0.05) is 12.1 Å². The molecule has 3 rings (SSSR count). The molecule has 1 aliphatic heterocycles. The summed E-state index contributed by atoms with van der Waals surface area (Å²) in [4.78, 5) is 23.3. The van der Waals surface area contributed by atoms with E-state index in [1.165, 1.54) is 12.4 Å². The number of nitrogens with one attached hydrogen (secondary N) is 1. The second kappa shape index (κ2) is 7.34. The number of benzene rings is 1. The summed E-state index contributed by atoms with van der Waals surface area (Å²) in [5, 5.41) is 14.8. The SMILES string of the molecule is CC(C)(C)Nc1ncnc(N2CCN(c3ccccc3F)CC2)c1[N+](=O)[O-]. The number of aromatic nitrogens is 2. The molecule has 144 valence electrons. The molecule has 9 heteroatoms. The van der Waals surface area contributed by atoms with E-state index in [2.05, 4.69) is 15.3 Å². The van der Waals surface area contributed by atoms with Crippen molar-refractivity contribution in [2.24, 2.45) is 0 Å². The molecule has 2 heterocycles. The van der Waals surface area contributed by atoms with Crippen molar-refractivity contribution in [1.82, 2.24) is 9.97 Å². The molecule has 0 atom stereocenters. The van der Waals surface area contributed by atoms with E-state index in [0.29, 0.717) is 31.9 Å². The van der Waals surface area contributed by atoms with Crippen molar-refractivity contribution >= 4 is 23.0 Å². The Morgan fingerprint density at radius 1 is 1.11 bits per heavy atom. The van der Waals surface area contributed by atoms with Crippen LogP contribution in [0.1, 0.15) is 20.8 Å². The van der Waals surface area contributed by atoms with Gasteiger partial charge >= 0.3 is 5.69 Å². The number of nitro groups is 1. The molecule has 27 heavy (non-hydrogen) atoms. The fraction of sp³-hybridized carbons (Fsp3) is 0.444. The van der Waals surface area contributed by atoms with E-state index in [0.717, 1.165) is 0 Å². The molecule has 0 aliphatic carbocycles. The van der Waals surface area contributed by atoms with Gasteiger partial charge in [0.25, 0.3) is 0 Å². The molecule has 0 radical (unpaired) electrons. The zero-order chi connectivity index (χ0) is 19.6. The third-order valence-corrected chi connectivity index (χ3v) is 4.25. The van der Waals surface area contributed by atoms with E-state index < -0.39 is 4.92 Å². The third-order valence-electron chi connectivity index (χ3n) is 4.25. The van der Waals surface area contributed by atoms with Gasteiger partial charge in [0.1, 0.15) is 12.1 Å². The minimum Gasteiger partial charge on any atom is -0.366 e. The van der Waals surface area contributed by atoms with Gasteiger partial charge in [-0.15, -0.1) is 0 Å². The number of anilines is 3. The number of hydrogen-bond acceptors (Lipinski definition) is 7. The first-order valence-corrected chi connectivity index (χ1v) is 8.78. The van der Waals surface area contributed by atoms with Gasteiger partial charge in [0.15, 0.2) is 0 Å². The maximum absolute atomic E-state index is 14.0. The van der Waals surface area contributed by atoms with E-state index in [-0.39, 0.29) is 28.7 Å². The molecule has 0 saturated carbocycles. The molecule has 0 bridgehead atoms. The van der Waals surface area contributed by atoms with E-state index in [9.17, 15) is 14.5 Å². The highest BCUT2D eigenvalue weighted by Crippen LogP contribution is 2.34. The number of para-hydroxylation sites is 1. The van der Waals surface area contributed by atoms with Crippen LogP contribution in [-0.2, 0) is 0 Å². The summed E-state index contributed by atoms with van der Waals surface area (Å²) in [5.41, 5.74) is 0.0381. The molecule has 1 fully saturated rings. The summed E-state index contributed by atoms with van der Waals surface area (Å²) in [6.45, 7) is 7.82. The van der Waals surface area contributed by atoms with Crippen LogP contribution in [0.25, 0.3) is 0 Å². The van der Waals surface area contributed by atoms with Crippen LogP contribution in [0.3, 0.4) is 0 Å². The Morgan fingerprint density at radius 3 is 2.33 bits per heavy atom. The smallest absolute Gasteiger partial charge is 0.353 e. The van der Waals surface area contributed by atoms with Crippen molar-refractivity contribution in [3.8, 4) is 0 Å². The predicted molar refractivity (Wildman–Crippen MR) is 103 cm³/mol. The highest BCUT2D eigenvalue weighted by Gasteiger charge is 2.31. The molecular formula is C18H23FN6O2. The monoisotopic (exact) mass is 374 g/mol. The summed E-state index contributed by atoms with van der Waals surface area (Å²) in [7, 11) is 0. The van der Waals surface area contributed by atoms with Crippen LogP contribution in [0, 0.1) is 15.9 Å². The molecule has 0 amide bonds. The molecule has 8 nitrogen and oxygen atoms in total. The van der Waals surface area contributed by atoms with Crippen LogP contribution in [0.15, 0.2) is 30.6 Å². The van der Waals surface area contributed by atoms with E-state index in [1.54, 1.807) is 18.2 Å². The van der Waals surface area contributed by atoms with Crippen molar-refractivity contribution in [2.75, 3.05) is 41.3 Å². The highest BCUT2D eigenvalue weighted by atomic mass is 19.1. The van der Waals surface area contributed by atoms with E-state index in [1.807, 2.05) is 30.6 Å². The molecule has 2 aromatic rings. The number of hydrogen-bond donors (Lipinski definition) is 1. The van der Waals surface area contributed by atoms with Crippen molar-refractivity contribution in [1.29, 1.82) is 0 Å². The Bertz CT molecular complexity index is 831. The van der Waals surface area contributed by atoms with Crippen molar-refractivity contribution in [2.45, 2.75) is 26.3 Å². The predicted octanol–water partition coefficient (Wildman–Crippen LogP) is 3.06. The fourth-order valence-corrected chi connectivity index (χ4v) is 3.08. The first-order chi connectivity index (χ1) is 12.8. The van der Waals surface area contributed by atoms with Crippen molar-refractivity contribution in [3.63, 3.8) is 0 Å². The lowest BCUT2D eigenvalue weighted by atomic mass is 10.1. The quantitative estimate of drug-likeness (QED) is 0.650. The second-order valence-corrected chi connectivity index (χ2v) is 7.45. The minimum absolute atomic E-state index is 0.133. The first-order valence-electron chi connectivity index (χ1n) is 8.78. The minimum atomic E-state index is -0.452. The summed E-state index contributed by atoms with van der Waals surface area (Å²) in [5.74, 6) is 0.222. The maximum atomic E-state index is 14.0. The topological polar surface area (TPSA) is 87.4 Å². The summed E-state index contributed by atoms with van der Waals surface area (Å²) in [6.07, 6.45) is 1.33. The van der Waals surface area contributed by atoms with Gasteiger partial charge in [-0.05, 0) is 32.9 Å². The zero-order valence-electron chi connectivity index (χ0n) is 15.6. The zero-order valence-corrected chi connectivity index (χ0v) is 15.6. The van der Waals surface area contributed by atoms with Crippen molar-refractivity contribution < 1.29 is 9.31 Å². The number of rotatable bonds is 4. The molecule has 1 saturated heterocycles. The van der Waals surface area contributed by atoms with Crippen LogP contribution in [0.2, 0.25) is 0 Å². The lowest BCUT2D eigenvalue weighted by molar-refractivity contribution is -0.383. The molecule has 1 N–H and O–H groups in total. The molecule has 1 aliphatic rings. The number of nitrogens with zero attached hydrogens (tertiary/aromatic N) is 5. The van der Waals surface area contributed by atoms with Gasteiger partial charge in [-0.3, -0.25) is 10.1 Å². The molecular weight excluding hydrogens is 351 g/mol. The average Bonchev–Trinajstić information content (AvgIpc) is 2.60. The number of halogens is 1. The Kier molecular flexibility index (Phi) is 5.11. The van der Waals surface area contributed by atoms with Crippen LogP contribution < -0.4 is 15.1 Å². The number of piperazine rings is 1. The Morgan fingerprint density at radius 2 is 1.74 bits per heavy atom. The van der Waals surface area contributed by atoms with Crippen LogP contribution in [0.5, 0.6) is 0 Å². The molecule has 0 unspecified atom stereocenters. The van der Waals surface area contributed by atoms with E-state index in [4.69, 9.17) is 0 Å². The Balaban J connectivity index is 1.83. The second-order valence-electron chi connectivity index (χ2n) is 7.45. The maximum Gasteiger partial charge on any atom is 0.353 e. The van der Waals surface area contributed by atoms with Gasteiger partial charge in [0, 0.05) is 31.7 Å². The first kappa shape index (κ1) is 18.8. The van der Waals surface area contributed by atoms with Gasteiger partial charge in [-0.2, -0.15) is 0 Å². The molecule has 1 aromatic heterocycles. The largest absolute Gasteiger partial charge is 0.366 e. The lowest BCUT2D eigenvalue weighted by Crippen LogP contribution is -2.47. The summed E-state index contributed by atoms with van der Waals surface area (Å²) >= 11 is 0. The van der Waals surface area contributed by atoms with Crippen molar-refractivity contribution in [3.05, 3.63) is 46.5 Å². The van der Waals surface area contributed by atoms with Crippen LogP contribution in [-0.4, -0.2) is 46.6 Å². The Labute approximate surface area is 157 Å². The van der Waals surface area contributed by atoms with Crippen LogP contribution >= 0.6 is 0 Å². The normalized spacial score (nSPS) is 15.0. The average molecular weight is 374 g/mol. The third kappa shape index (κ3) is 4.24. The van der Waals surface area contributed by atoms with Gasteiger partial charge in [0.2, 0.25) is 11.6 Å². The van der Waals surface area contributed by atoms with E-state index >= 15 is 0 Å². The molecule has 1 aromatic carbocycles. The standard InChI is InChI=1S/C18H23FN6O2/c1-18(2,3)22-16-15(25(26)27)17(21-12-20-16)24-10-8-23(9-11-24)14-7-5-4-6-13(14)19/h4-7,12H,8-11H2,1-3H3,(H,20,21,22). The highest BCUT2D eigenvalue weighted by molar-refractivity contribution is 5.71.